The number of nitrogens with one attached hydrogen (secondary N) is 1. The molecule has 1 aliphatic heterocycles. The van der Waals surface area contributed by atoms with Crippen LogP contribution in [-0.2, 0) is 4.79 Å². The van der Waals surface area contributed by atoms with E-state index in [9.17, 15) is 14.7 Å². The molecule has 6 nitrogen and oxygen atoms in total. The predicted octanol–water partition coefficient (Wildman–Crippen LogP) is 3.82. The molecule has 0 aliphatic carbocycles. The molecule has 1 aliphatic rings. The topological polar surface area (TPSA) is 94.7 Å². The van der Waals surface area contributed by atoms with Crippen molar-refractivity contribution in [2.24, 2.45) is 4.99 Å². The Balaban J connectivity index is 1.56. The molecule has 0 atom stereocenters. The number of thioether (sulfide) groups is 1. The number of aliphatic imine (C=N–C) groups is 1. The number of amidine groups is 1. The van der Waals surface area contributed by atoms with Gasteiger partial charge in [-0.2, -0.15) is 0 Å². The number of hydrogen-bond donors (Lipinski definition) is 1. The number of rotatable bonds is 4. The summed E-state index contributed by atoms with van der Waals surface area (Å²) in [6, 6.07) is 15.7. The van der Waals surface area contributed by atoms with Crippen LogP contribution >= 0.6 is 11.8 Å². The molecule has 0 spiro atoms. The van der Waals surface area contributed by atoms with Gasteiger partial charge in [0.25, 0.3) is 5.91 Å². The molecule has 1 aromatic heterocycles. The van der Waals surface area contributed by atoms with Gasteiger partial charge in [-0.25, -0.2) is 4.99 Å². The number of furan rings is 1. The highest BCUT2D eigenvalue weighted by atomic mass is 32.2. The number of amides is 1. The summed E-state index contributed by atoms with van der Waals surface area (Å²) >= 11 is 1.24. The molecule has 0 unspecified atom stereocenters. The van der Waals surface area contributed by atoms with E-state index in [2.05, 4.69) is 10.3 Å². The Kier molecular flexibility index (Phi) is 5.29. The number of aromatic carboxylic acids is 1. The molecular weight excluding hydrogens is 400 g/mol. The van der Waals surface area contributed by atoms with Crippen LogP contribution in [0.1, 0.15) is 27.2 Å². The first-order chi connectivity index (χ1) is 14.4. The molecule has 1 amide bonds. The van der Waals surface area contributed by atoms with Gasteiger partial charge in [0.1, 0.15) is 11.5 Å². The van der Waals surface area contributed by atoms with Crippen LogP contribution in [0, 0.1) is 13.8 Å². The highest BCUT2D eigenvalue weighted by Gasteiger charge is 2.24. The van der Waals surface area contributed by atoms with Crippen molar-refractivity contribution in [2.75, 3.05) is 0 Å². The van der Waals surface area contributed by atoms with Gasteiger partial charge in [-0.3, -0.25) is 4.79 Å². The van der Waals surface area contributed by atoms with Gasteiger partial charge in [-0.15, -0.1) is 0 Å². The summed E-state index contributed by atoms with van der Waals surface area (Å²) in [6.07, 6.45) is 1.64. The van der Waals surface area contributed by atoms with Crippen LogP contribution < -0.4 is 10.4 Å². The summed E-state index contributed by atoms with van der Waals surface area (Å²) < 4.78 is 5.78. The van der Waals surface area contributed by atoms with Crippen molar-refractivity contribution < 1.29 is 19.1 Å². The van der Waals surface area contributed by atoms with Crippen LogP contribution in [-0.4, -0.2) is 17.0 Å². The minimum Gasteiger partial charge on any atom is -0.545 e. The van der Waals surface area contributed by atoms with E-state index in [0.29, 0.717) is 27.2 Å². The van der Waals surface area contributed by atoms with Crippen molar-refractivity contribution in [1.82, 2.24) is 5.32 Å². The van der Waals surface area contributed by atoms with Crippen LogP contribution in [0.5, 0.6) is 0 Å². The third-order valence-corrected chi connectivity index (χ3v) is 5.42. The van der Waals surface area contributed by atoms with Crippen LogP contribution in [0.25, 0.3) is 17.4 Å². The predicted molar refractivity (Wildman–Crippen MR) is 115 cm³/mol. The summed E-state index contributed by atoms with van der Waals surface area (Å²) in [5, 5.41) is 14.3. The van der Waals surface area contributed by atoms with E-state index in [1.807, 2.05) is 32.0 Å². The van der Waals surface area contributed by atoms with Gasteiger partial charge in [0.2, 0.25) is 0 Å². The van der Waals surface area contributed by atoms with Crippen molar-refractivity contribution in [3.63, 3.8) is 0 Å². The number of nitrogens with zero attached hydrogens (tertiary/aromatic N) is 1. The van der Waals surface area contributed by atoms with Gasteiger partial charge in [-0.1, -0.05) is 35.9 Å². The average Bonchev–Trinajstić information content (AvgIpc) is 3.31. The molecule has 0 saturated carbocycles. The molecule has 30 heavy (non-hydrogen) atoms. The monoisotopic (exact) mass is 417 g/mol. The standard InChI is InChI=1S/C23H18N2O4S/c1-13-6-8-18(14(2)10-13)24-23-25-21(26)20(30-23)12-17-7-9-19(29-17)15-4-3-5-16(11-15)22(27)28/h3-12H,1-2H3,(H,27,28)(H,24,25,26)/p-1. The zero-order chi connectivity index (χ0) is 21.3. The van der Waals surface area contributed by atoms with Crippen molar-refractivity contribution in [1.29, 1.82) is 0 Å². The maximum Gasteiger partial charge on any atom is 0.264 e. The van der Waals surface area contributed by atoms with Crippen LogP contribution in [0.3, 0.4) is 0 Å². The fraction of sp³-hybridized carbons (Fsp3) is 0.0870. The smallest absolute Gasteiger partial charge is 0.264 e. The molecule has 150 valence electrons. The van der Waals surface area contributed by atoms with Crippen LogP contribution in [0.2, 0.25) is 0 Å². The van der Waals surface area contributed by atoms with E-state index in [0.717, 1.165) is 16.8 Å². The number of benzene rings is 2. The summed E-state index contributed by atoms with van der Waals surface area (Å²) in [6.45, 7) is 3.99. The van der Waals surface area contributed by atoms with Gasteiger partial charge >= 0.3 is 0 Å². The number of carboxylic acids is 1. The lowest BCUT2D eigenvalue weighted by Gasteiger charge is -2.03. The van der Waals surface area contributed by atoms with Gasteiger partial charge in [0, 0.05) is 11.6 Å². The summed E-state index contributed by atoms with van der Waals surface area (Å²) in [5.74, 6) is -0.521. The zero-order valence-corrected chi connectivity index (χ0v) is 17.1. The van der Waals surface area contributed by atoms with Gasteiger partial charge in [-0.05, 0) is 61.0 Å². The Bertz CT molecular complexity index is 1220. The highest BCUT2D eigenvalue weighted by Crippen LogP contribution is 2.31. The molecule has 1 fully saturated rings. The van der Waals surface area contributed by atoms with Gasteiger partial charge < -0.3 is 19.6 Å². The minimum absolute atomic E-state index is 0.0711. The van der Waals surface area contributed by atoms with Crippen LogP contribution in [0.4, 0.5) is 5.69 Å². The Hall–Kier alpha value is -3.58. The Labute approximate surface area is 177 Å². The molecule has 7 heteroatoms. The van der Waals surface area contributed by atoms with Crippen LogP contribution in [0.15, 0.2) is 68.9 Å². The number of aryl methyl sites for hydroxylation is 2. The second-order valence-electron chi connectivity index (χ2n) is 6.84. The molecule has 2 aromatic carbocycles. The number of carbonyl (C=O) groups excluding carboxylic acids is 2. The molecule has 0 radical (unpaired) electrons. The quantitative estimate of drug-likeness (QED) is 0.651. The lowest BCUT2D eigenvalue weighted by Crippen LogP contribution is -2.22. The number of carbonyl (C=O) groups is 2. The summed E-state index contributed by atoms with van der Waals surface area (Å²) in [5.41, 5.74) is 3.67. The van der Waals surface area contributed by atoms with E-state index in [1.54, 1.807) is 30.3 Å². The first-order valence-corrected chi connectivity index (χ1v) is 9.99. The third-order valence-electron chi connectivity index (χ3n) is 4.51. The molecule has 3 aromatic rings. The fourth-order valence-electron chi connectivity index (χ4n) is 3.03. The Morgan fingerprint density at radius 3 is 2.73 bits per heavy atom. The van der Waals surface area contributed by atoms with E-state index in [4.69, 9.17) is 4.42 Å². The van der Waals surface area contributed by atoms with E-state index >= 15 is 0 Å². The molecule has 1 N–H and O–H groups in total. The largest absolute Gasteiger partial charge is 0.545 e. The number of carboxylic acid groups (broad SMARTS) is 1. The SMILES string of the molecule is Cc1ccc(N=C2NC(=O)C(=Cc3ccc(-c4cccc(C(=O)[O-])c4)o3)S2)c(C)c1. The third kappa shape index (κ3) is 4.21. The Morgan fingerprint density at radius 2 is 1.97 bits per heavy atom. The lowest BCUT2D eigenvalue weighted by molar-refractivity contribution is -0.255. The fourth-order valence-corrected chi connectivity index (χ4v) is 3.85. The molecule has 1 saturated heterocycles. The van der Waals surface area contributed by atoms with E-state index < -0.39 is 5.97 Å². The maximum atomic E-state index is 12.3. The van der Waals surface area contributed by atoms with E-state index in [1.165, 1.54) is 23.9 Å². The number of hydrogen-bond acceptors (Lipinski definition) is 6. The first kappa shape index (κ1) is 19.7. The second kappa shape index (κ2) is 8.04. The molecular formula is C23H17N2O4S-. The zero-order valence-electron chi connectivity index (χ0n) is 16.3. The van der Waals surface area contributed by atoms with Gasteiger partial charge in [0.15, 0.2) is 5.17 Å². The van der Waals surface area contributed by atoms with Crippen molar-refractivity contribution in [3.8, 4) is 11.3 Å². The van der Waals surface area contributed by atoms with Crippen molar-refractivity contribution >= 4 is 40.6 Å². The van der Waals surface area contributed by atoms with E-state index in [-0.39, 0.29) is 11.5 Å². The first-order valence-electron chi connectivity index (χ1n) is 9.17. The average molecular weight is 417 g/mol. The van der Waals surface area contributed by atoms with Crippen molar-refractivity contribution in [2.45, 2.75) is 13.8 Å². The Morgan fingerprint density at radius 1 is 1.13 bits per heavy atom. The van der Waals surface area contributed by atoms with Gasteiger partial charge in [0.05, 0.1) is 16.6 Å². The maximum absolute atomic E-state index is 12.3. The molecule has 4 rings (SSSR count). The lowest BCUT2D eigenvalue weighted by atomic mass is 10.1. The summed E-state index contributed by atoms with van der Waals surface area (Å²) in [7, 11) is 0. The molecule has 0 bridgehead atoms. The second-order valence-corrected chi connectivity index (χ2v) is 7.87. The van der Waals surface area contributed by atoms with Crippen molar-refractivity contribution in [3.05, 3.63) is 82.0 Å². The normalized spacial score (nSPS) is 16.3. The highest BCUT2D eigenvalue weighted by molar-refractivity contribution is 8.18. The summed E-state index contributed by atoms with van der Waals surface area (Å²) in [4.78, 5) is 28.4. The molecule has 2 heterocycles. The minimum atomic E-state index is -1.25.